The number of carbonyl (C=O) groups is 1. The van der Waals surface area contributed by atoms with E-state index in [9.17, 15) is 18.0 Å². The Hall–Kier alpha value is -1.04. The first kappa shape index (κ1) is 17.0. The van der Waals surface area contributed by atoms with Crippen molar-refractivity contribution >= 4 is 5.97 Å². The van der Waals surface area contributed by atoms with Gasteiger partial charge in [0.05, 0.1) is 0 Å². The smallest absolute Gasteiger partial charge is 0.409 e. The fraction of sp³-hybridized carbons (Fsp3) is 0.750. The number of unbranched alkanes of at least 4 members (excludes halogenated alkanes) is 2. The van der Waals surface area contributed by atoms with Crippen molar-refractivity contribution in [1.29, 1.82) is 0 Å². The summed E-state index contributed by atoms with van der Waals surface area (Å²) in [5, 5.41) is 0. The standard InChI is InChI=1S/C12H19F3O3/c1-3-4-5-6-10(7-8-12(13,14)15)18-11(16)9-17-2/h7-8,10H,3-6,9H2,1-2H3/b8-7+/t10-/m0/s1. The van der Waals surface area contributed by atoms with Gasteiger partial charge in [-0.25, -0.2) is 4.79 Å². The Morgan fingerprint density at radius 1 is 1.33 bits per heavy atom. The maximum absolute atomic E-state index is 12.0. The van der Waals surface area contributed by atoms with Crippen LogP contribution in [-0.4, -0.2) is 32.0 Å². The second-order valence-electron chi connectivity index (χ2n) is 3.86. The molecule has 0 bridgehead atoms. The summed E-state index contributed by atoms with van der Waals surface area (Å²) < 4.78 is 45.6. The SMILES string of the molecule is CCCCC[C@@H](/C=C/C(F)(F)F)OC(=O)COC. The van der Waals surface area contributed by atoms with Crippen molar-refractivity contribution in [2.45, 2.75) is 44.9 Å². The molecule has 0 saturated heterocycles. The normalized spacial score (nSPS) is 13.8. The quantitative estimate of drug-likeness (QED) is 0.385. The molecule has 0 aliphatic heterocycles. The minimum absolute atomic E-state index is 0.101. The highest BCUT2D eigenvalue weighted by Crippen LogP contribution is 2.18. The predicted molar refractivity (Wildman–Crippen MR) is 61.1 cm³/mol. The number of rotatable bonds is 8. The van der Waals surface area contributed by atoms with E-state index < -0.39 is 18.2 Å². The Bertz CT molecular complexity index is 262. The molecule has 1 atom stereocenters. The molecule has 0 saturated carbocycles. The van der Waals surface area contributed by atoms with Crippen molar-refractivity contribution < 1.29 is 27.4 Å². The third-order valence-electron chi connectivity index (χ3n) is 2.14. The van der Waals surface area contributed by atoms with Crippen molar-refractivity contribution in [2.24, 2.45) is 0 Å². The average Bonchev–Trinajstić information content (AvgIpc) is 2.25. The zero-order chi connectivity index (χ0) is 14.0. The Kier molecular flexibility index (Phi) is 8.45. The molecule has 3 nitrogen and oxygen atoms in total. The van der Waals surface area contributed by atoms with Crippen LogP contribution in [0, 0.1) is 0 Å². The van der Waals surface area contributed by atoms with Crippen LogP contribution in [0.4, 0.5) is 13.2 Å². The summed E-state index contributed by atoms with van der Waals surface area (Å²) in [4.78, 5) is 11.1. The number of methoxy groups -OCH3 is 1. The molecule has 0 heterocycles. The van der Waals surface area contributed by atoms with E-state index in [0.29, 0.717) is 12.8 Å². The van der Waals surface area contributed by atoms with E-state index in [2.05, 4.69) is 4.74 Å². The topological polar surface area (TPSA) is 35.5 Å². The van der Waals surface area contributed by atoms with Crippen molar-refractivity contribution in [3.63, 3.8) is 0 Å². The lowest BCUT2D eigenvalue weighted by molar-refractivity contribution is -0.151. The predicted octanol–water partition coefficient (Wildman–Crippen LogP) is 3.24. The van der Waals surface area contributed by atoms with Gasteiger partial charge in [-0.05, 0) is 18.9 Å². The van der Waals surface area contributed by atoms with Crippen molar-refractivity contribution in [3.05, 3.63) is 12.2 Å². The summed E-state index contributed by atoms with van der Waals surface area (Å²) in [5.41, 5.74) is 0. The maximum atomic E-state index is 12.0. The Balaban J connectivity index is 4.32. The van der Waals surface area contributed by atoms with Crippen LogP contribution in [0.5, 0.6) is 0 Å². The third kappa shape index (κ3) is 10.1. The summed E-state index contributed by atoms with van der Waals surface area (Å²) in [6.45, 7) is 1.72. The highest BCUT2D eigenvalue weighted by Gasteiger charge is 2.23. The first-order valence-electron chi connectivity index (χ1n) is 5.83. The van der Waals surface area contributed by atoms with E-state index in [0.717, 1.165) is 18.9 Å². The van der Waals surface area contributed by atoms with E-state index in [1.54, 1.807) is 0 Å². The van der Waals surface area contributed by atoms with E-state index >= 15 is 0 Å². The number of hydrogen-bond acceptors (Lipinski definition) is 3. The lowest BCUT2D eigenvalue weighted by Gasteiger charge is -2.14. The zero-order valence-electron chi connectivity index (χ0n) is 10.6. The highest BCUT2D eigenvalue weighted by molar-refractivity contribution is 5.71. The van der Waals surface area contributed by atoms with Gasteiger partial charge in [0.2, 0.25) is 0 Å². The molecular weight excluding hydrogens is 249 g/mol. The molecule has 0 aliphatic rings. The van der Waals surface area contributed by atoms with Gasteiger partial charge in [-0.1, -0.05) is 19.8 Å². The molecule has 0 amide bonds. The molecule has 0 fully saturated rings. The monoisotopic (exact) mass is 268 g/mol. The molecule has 6 heteroatoms. The molecule has 0 N–H and O–H groups in total. The lowest BCUT2D eigenvalue weighted by atomic mass is 10.1. The molecule has 0 spiro atoms. The maximum Gasteiger partial charge on any atom is 0.409 e. The average molecular weight is 268 g/mol. The van der Waals surface area contributed by atoms with Crippen LogP contribution in [0.1, 0.15) is 32.6 Å². The van der Waals surface area contributed by atoms with Crippen LogP contribution in [0.25, 0.3) is 0 Å². The number of halogens is 3. The molecule has 0 aromatic heterocycles. The van der Waals surface area contributed by atoms with Crippen LogP contribution in [0.2, 0.25) is 0 Å². The minimum Gasteiger partial charge on any atom is -0.456 e. The summed E-state index contributed by atoms with van der Waals surface area (Å²) in [6.07, 6.45) is -1.33. The fourth-order valence-electron chi connectivity index (χ4n) is 1.33. The van der Waals surface area contributed by atoms with E-state index in [1.807, 2.05) is 6.92 Å². The largest absolute Gasteiger partial charge is 0.456 e. The molecule has 106 valence electrons. The molecule has 0 aliphatic carbocycles. The fourth-order valence-corrected chi connectivity index (χ4v) is 1.33. The second kappa shape index (κ2) is 8.97. The van der Waals surface area contributed by atoms with E-state index in [-0.39, 0.29) is 12.7 Å². The highest BCUT2D eigenvalue weighted by atomic mass is 19.4. The number of hydrogen-bond donors (Lipinski definition) is 0. The van der Waals surface area contributed by atoms with Gasteiger partial charge < -0.3 is 9.47 Å². The van der Waals surface area contributed by atoms with Gasteiger partial charge in [0.1, 0.15) is 12.7 Å². The lowest BCUT2D eigenvalue weighted by Crippen LogP contribution is -2.20. The summed E-state index contributed by atoms with van der Waals surface area (Å²) in [5.74, 6) is -0.661. The van der Waals surface area contributed by atoms with Crippen LogP contribution in [0.3, 0.4) is 0 Å². The Morgan fingerprint density at radius 2 is 2.00 bits per heavy atom. The minimum atomic E-state index is -4.39. The zero-order valence-corrected chi connectivity index (χ0v) is 10.6. The van der Waals surface area contributed by atoms with Crippen LogP contribution in [0.15, 0.2) is 12.2 Å². The van der Waals surface area contributed by atoms with Crippen LogP contribution < -0.4 is 0 Å². The molecule has 18 heavy (non-hydrogen) atoms. The van der Waals surface area contributed by atoms with Crippen LogP contribution >= 0.6 is 0 Å². The third-order valence-corrected chi connectivity index (χ3v) is 2.14. The van der Waals surface area contributed by atoms with Crippen molar-refractivity contribution in [1.82, 2.24) is 0 Å². The molecular formula is C12H19F3O3. The van der Waals surface area contributed by atoms with Crippen molar-refractivity contribution in [3.8, 4) is 0 Å². The number of ether oxygens (including phenoxy) is 2. The van der Waals surface area contributed by atoms with Crippen LogP contribution in [-0.2, 0) is 14.3 Å². The first-order valence-corrected chi connectivity index (χ1v) is 5.83. The molecule has 0 unspecified atom stereocenters. The van der Waals surface area contributed by atoms with E-state index in [4.69, 9.17) is 4.74 Å². The van der Waals surface area contributed by atoms with Gasteiger partial charge in [-0.15, -0.1) is 0 Å². The van der Waals surface area contributed by atoms with Gasteiger partial charge in [0, 0.05) is 13.2 Å². The van der Waals surface area contributed by atoms with E-state index in [1.165, 1.54) is 7.11 Å². The van der Waals surface area contributed by atoms with Crippen molar-refractivity contribution in [2.75, 3.05) is 13.7 Å². The Morgan fingerprint density at radius 3 is 2.50 bits per heavy atom. The van der Waals surface area contributed by atoms with Gasteiger partial charge in [0.15, 0.2) is 0 Å². The van der Waals surface area contributed by atoms with Gasteiger partial charge in [-0.3, -0.25) is 0 Å². The number of alkyl halides is 3. The molecule has 0 radical (unpaired) electrons. The summed E-state index contributed by atoms with van der Waals surface area (Å²) >= 11 is 0. The van der Waals surface area contributed by atoms with Gasteiger partial charge >= 0.3 is 12.1 Å². The number of carbonyl (C=O) groups excluding carboxylic acids is 1. The summed E-state index contributed by atoms with van der Waals surface area (Å²) in [6, 6.07) is 0. The number of allylic oxidation sites excluding steroid dienone is 1. The molecule has 0 rings (SSSR count). The first-order chi connectivity index (χ1) is 8.39. The Labute approximate surface area is 105 Å². The summed E-state index contributed by atoms with van der Waals surface area (Å²) in [7, 11) is 1.32. The van der Waals surface area contributed by atoms with Gasteiger partial charge in [-0.2, -0.15) is 13.2 Å². The molecule has 0 aromatic carbocycles. The second-order valence-corrected chi connectivity index (χ2v) is 3.86. The van der Waals surface area contributed by atoms with Gasteiger partial charge in [0.25, 0.3) is 0 Å². The molecule has 0 aromatic rings. The number of esters is 1.